The minimum atomic E-state index is 0.594. The Morgan fingerprint density at radius 1 is 0.590 bits per heavy atom. The zero-order chi connectivity index (χ0) is 25.9. The van der Waals surface area contributed by atoms with Crippen molar-refractivity contribution >= 4 is 49.0 Å². The van der Waals surface area contributed by atoms with Gasteiger partial charge in [0.25, 0.3) is 0 Å². The molecule has 8 rings (SSSR count). The molecule has 0 unspecified atom stereocenters. The van der Waals surface area contributed by atoms with Crippen molar-refractivity contribution in [1.29, 1.82) is 0 Å². The van der Waals surface area contributed by atoms with Crippen LogP contribution in [0.1, 0.15) is 0 Å². The fourth-order valence-electron chi connectivity index (χ4n) is 5.96. The molecule has 0 bridgehead atoms. The minimum absolute atomic E-state index is 0.594. The third-order valence-electron chi connectivity index (χ3n) is 7.76. The monoisotopic (exact) mass is 495 g/mol. The van der Waals surface area contributed by atoms with Crippen LogP contribution in [0.3, 0.4) is 0 Å². The molecule has 0 spiro atoms. The van der Waals surface area contributed by atoms with Gasteiger partial charge in [-0.15, -0.1) is 0 Å². The highest BCUT2D eigenvalue weighted by Crippen LogP contribution is 2.39. The fourth-order valence-corrected chi connectivity index (χ4v) is 5.96. The van der Waals surface area contributed by atoms with Crippen LogP contribution in [0.15, 0.2) is 127 Å². The lowest BCUT2D eigenvalue weighted by Gasteiger charge is -2.15. The van der Waals surface area contributed by atoms with Crippen LogP contribution < -0.4 is 0 Å². The van der Waals surface area contributed by atoms with E-state index < -0.39 is 0 Å². The number of hydrogen-bond acceptors (Lipinski definition) is 1. The molecule has 3 nitrogen and oxygen atoms in total. The SMILES string of the molecule is [C-]#[N+]c1ccc2c(c1)nc(-c1ccccc1)n2-c1ccc(-c2ccc3ccc4cccc5ccc2c3c45)cc1. The van der Waals surface area contributed by atoms with E-state index in [0.717, 1.165) is 28.1 Å². The molecular formula is C36H21N3. The summed E-state index contributed by atoms with van der Waals surface area (Å²) in [5, 5.41) is 7.76. The molecule has 3 heteroatoms. The highest BCUT2D eigenvalue weighted by Gasteiger charge is 2.16. The van der Waals surface area contributed by atoms with Crippen molar-refractivity contribution in [3.8, 4) is 28.2 Å². The van der Waals surface area contributed by atoms with Crippen LogP contribution in [-0.2, 0) is 0 Å². The number of nitrogens with zero attached hydrogens (tertiary/aromatic N) is 3. The van der Waals surface area contributed by atoms with Gasteiger partial charge in [0.1, 0.15) is 5.82 Å². The first-order valence-electron chi connectivity index (χ1n) is 13.0. The number of fused-ring (bicyclic) bond motifs is 1. The van der Waals surface area contributed by atoms with Gasteiger partial charge in [-0.05, 0) is 67.7 Å². The van der Waals surface area contributed by atoms with Gasteiger partial charge in [-0.3, -0.25) is 4.57 Å². The van der Waals surface area contributed by atoms with E-state index in [1.165, 1.54) is 43.4 Å². The van der Waals surface area contributed by atoms with E-state index in [0.29, 0.717) is 5.69 Å². The van der Waals surface area contributed by atoms with E-state index in [-0.39, 0.29) is 0 Å². The highest BCUT2D eigenvalue weighted by molar-refractivity contribution is 6.25. The van der Waals surface area contributed by atoms with E-state index in [9.17, 15) is 0 Å². The van der Waals surface area contributed by atoms with Crippen LogP contribution in [0.5, 0.6) is 0 Å². The lowest BCUT2D eigenvalue weighted by molar-refractivity contribution is 1.10. The molecule has 39 heavy (non-hydrogen) atoms. The van der Waals surface area contributed by atoms with Crippen molar-refractivity contribution in [1.82, 2.24) is 9.55 Å². The van der Waals surface area contributed by atoms with Gasteiger partial charge in [0, 0.05) is 11.3 Å². The molecule has 0 aliphatic heterocycles. The Balaban J connectivity index is 1.31. The third-order valence-corrected chi connectivity index (χ3v) is 7.76. The van der Waals surface area contributed by atoms with Crippen molar-refractivity contribution in [3.63, 3.8) is 0 Å². The van der Waals surface area contributed by atoms with Gasteiger partial charge >= 0.3 is 0 Å². The molecule has 1 heterocycles. The van der Waals surface area contributed by atoms with Gasteiger partial charge in [0.2, 0.25) is 0 Å². The average Bonchev–Trinajstić information content (AvgIpc) is 3.39. The van der Waals surface area contributed by atoms with Crippen LogP contribution >= 0.6 is 0 Å². The summed E-state index contributed by atoms with van der Waals surface area (Å²) in [5.41, 5.74) is 6.87. The first-order valence-corrected chi connectivity index (χ1v) is 13.0. The van der Waals surface area contributed by atoms with E-state index in [1.807, 2.05) is 36.4 Å². The summed E-state index contributed by atoms with van der Waals surface area (Å²) in [6.07, 6.45) is 0. The van der Waals surface area contributed by atoms with Crippen LogP contribution in [-0.4, -0.2) is 9.55 Å². The van der Waals surface area contributed by atoms with Crippen molar-refractivity contribution in [2.24, 2.45) is 0 Å². The van der Waals surface area contributed by atoms with Gasteiger partial charge < -0.3 is 0 Å². The molecule has 0 amide bonds. The molecule has 1 aromatic heterocycles. The number of imidazole rings is 1. The standard InChI is InChI=1S/C36H21N3/c1-37-28-16-21-33-32(22-28)38-36(27-6-3-2-4-7-27)39(33)29-17-12-23(13-18-29)30-19-14-26-11-10-24-8-5-9-25-15-20-31(30)35(26)34(24)25/h2-22H. The number of hydrogen-bond donors (Lipinski definition) is 0. The Morgan fingerprint density at radius 2 is 1.31 bits per heavy atom. The first kappa shape index (κ1) is 21.6. The number of benzene rings is 7. The Bertz CT molecular complexity index is 2200. The second-order valence-electron chi connectivity index (χ2n) is 9.94. The molecule has 180 valence electrons. The third kappa shape index (κ3) is 3.26. The van der Waals surface area contributed by atoms with E-state index >= 15 is 0 Å². The van der Waals surface area contributed by atoms with Crippen molar-refractivity contribution in [3.05, 3.63) is 139 Å². The Labute approximate surface area is 225 Å². The summed E-state index contributed by atoms with van der Waals surface area (Å²) in [6, 6.07) is 44.7. The van der Waals surface area contributed by atoms with Crippen molar-refractivity contribution in [2.75, 3.05) is 0 Å². The molecule has 0 atom stereocenters. The zero-order valence-corrected chi connectivity index (χ0v) is 21.0. The number of aromatic nitrogens is 2. The van der Waals surface area contributed by atoms with Gasteiger partial charge in [-0.2, -0.15) is 0 Å². The normalized spacial score (nSPS) is 11.6. The highest BCUT2D eigenvalue weighted by atomic mass is 15.1. The molecule has 0 aliphatic carbocycles. The summed E-state index contributed by atoms with van der Waals surface area (Å²) in [4.78, 5) is 8.56. The Hall–Kier alpha value is -5.46. The van der Waals surface area contributed by atoms with Crippen LogP contribution in [0.4, 0.5) is 5.69 Å². The minimum Gasteiger partial charge on any atom is -0.292 e. The van der Waals surface area contributed by atoms with Crippen molar-refractivity contribution in [2.45, 2.75) is 0 Å². The lowest BCUT2D eigenvalue weighted by Crippen LogP contribution is -1.97. The van der Waals surface area contributed by atoms with E-state index in [2.05, 4.69) is 100 Å². The van der Waals surface area contributed by atoms with Crippen molar-refractivity contribution < 1.29 is 0 Å². The molecule has 0 N–H and O–H groups in total. The second kappa shape index (κ2) is 8.28. The predicted molar refractivity (Wildman–Crippen MR) is 162 cm³/mol. The van der Waals surface area contributed by atoms with Crippen LogP contribution in [0, 0.1) is 6.57 Å². The maximum atomic E-state index is 7.43. The summed E-state index contributed by atoms with van der Waals surface area (Å²) >= 11 is 0. The summed E-state index contributed by atoms with van der Waals surface area (Å²) < 4.78 is 2.19. The molecule has 0 radical (unpaired) electrons. The quantitative estimate of drug-likeness (QED) is 0.177. The topological polar surface area (TPSA) is 22.2 Å². The van der Waals surface area contributed by atoms with Crippen LogP contribution in [0.25, 0.3) is 76.4 Å². The molecule has 7 aromatic carbocycles. The van der Waals surface area contributed by atoms with Gasteiger partial charge in [-0.25, -0.2) is 9.83 Å². The average molecular weight is 496 g/mol. The smallest absolute Gasteiger partial charge is 0.189 e. The molecule has 8 aromatic rings. The summed E-state index contributed by atoms with van der Waals surface area (Å²) in [5.74, 6) is 0.864. The fraction of sp³-hybridized carbons (Fsp3) is 0. The predicted octanol–water partition coefficient (Wildman–Crippen LogP) is 9.81. The van der Waals surface area contributed by atoms with Crippen LogP contribution in [0.2, 0.25) is 0 Å². The summed E-state index contributed by atoms with van der Waals surface area (Å²) in [7, 11) is 0. The maximum absolute atomic E-state index is 7.43. The lowest BCUT2D eigenvalue weighted by atomic mass is 9.90. The first-order chi connectivity index (χ1) is 19.3. The second-order valence-corrected chi connectivity index (χ2v) is 9.94. The Kier molecular flexibility index (Phi) is 4.59. The molecule has 0 aliphatic rings. The zero-order valence-electron chi connectivity index (χ0n) is 21.0. The molecule has 0 saturated heterocycles. The Morgan fingerprint density at radius 3 is 2.08 bits per heavy atom. The maximum Gasteiger partial charge on any atom is 0.189 e. The van der Waals surface area contributed by atoms with Gasteiger partial charge in [0.15, 0.2) is 5.69 Å². The summed E-state index contributed by atoms with van der Waals surface area (Å²) in [6.45, 7) is 7.43. The largest absolute Gasteiger partial charge is 0.292 e. The number of rotatable bonds is 3. The van der Waals surface area contributed by atoms with Gasteiger partial charge in [-0.1, -0.05) is 103 Å². The van der Waals surface area contributed by atoms with E-state index in [4.69, 9.17) is 11.6 Å². The van der Waals surface area contributed by atoms with Gasteiger partial charge in [0.05, 0.1) is 17.6 Å². The molecular weight excluding hydrogens is 474 g/mol. The molecule has 0 fully saturated rings. The molecule has 0 saturated carbocycles. The van der Waals surface area contributed by atoms with E-state index in [1.54, 1.807) is 0 Å².